The molecule has 0 bridgehead atoms. The number of rotatable bonds is 9. The molecule has 0 aliphatic rings. The molecule has 0 amide bonds. The number of carbonyl (C=O) groups is 1. The molecule has 0 spiro atoms. The number of aromatic amines is 1. The van der Waals surface area contributed by atoms with Gasteiger partial charge in [0.05, 0.1) is 36.7 Å². The van der Waals surface area contributed by atoms with E-state index in [1.54, 1.807) is 36.6 Å². The first-order valence-electron chi connectivity index (χ1n) is 12.4. The molecule has 0 aliphatic heterocycles. The van der Waals surface area contributed by atoms with Crippen molar-refractivity contribution in [3.8, 4) is 22.6 Å². The van der Waals surface area contributed by atoms with Gasteiger partial charge in [0.2, 0.25) is 0 Å². The van der Waals surface area contributed by atoms with Crippen LogP contribution >= 0.6 is 0 Å². The molecule has 0 saturated carbocycles. The number of ether oxygens (including phenoxy) is 2. The molecule has 3 N–H and O–H groups in total. The lowest BCUT2D eigenvalue weighted by atomic mass is 9.89. The lowest BCUT2D eigenvalue weighted by Crippen LogP contribution is -2.34. The summed E-state index contributed by atoms with van der Waals surface area (Å²) in [5.74, 6) is -2.30. The van der Waals surface area contributed by atoms with Crippen LogP contribution in [0.5, 0.6) is 5.75 Å². The van der Waals surface area contributed by atoms with E-state index in [1.165, 1.54) is 43.6 Å². The van der Waals surface area contributed by atoms with Crippen LogP contribution in [0.3, 0.4) is 0 Å². The Labute approximate surface area is 222 Å². The summed E-state index contributed by atoms with van der Waals surface area (Å²) in [5, 5.41) is 28.9. The number of hydrogen-bond donors (Lipinski definition) is 3. The van der Waals surface area contributed by atoms with Crippen LogP contribution in [0.15, 0.2) is 54.7 Å². The zero-order valence-corrected chi connectivity index (χ0v) is 21.6. The Morgan fingerprint density at radius 2 is 1.87 bits per heavy atom. The van der Waals surface area contributed by atoms with Crippen LogP contribution in [0, 0.1) is 11.6 Å². The third kappa shape index (κ3) is 4.31. The van der Waals surface area contributed by atoms with Crippen molar-refractivity contribution >= 4 is 27.8 Å². The highest BCUT2D eigenvalue weighted by molar-refractivity contribution is 6.06. The number of methoxy groups -OCH3 is 1. The maximum Gasteiger partial charge on any atom is 0.335 e. The normalized spacial score (nSPS) is 13.2. The van der Waals surface area contributed by atoms with Crippen molar-refractivity contribution in [2.24, 2.45) is 0 Å². The maximum absolute atomic E-state index is 16.3. The number of aromatic carboxylic acids is 1. The van der Waals surface area contributed by atoms with E-state index >= 15 is 4.39 Å². The fraction of sp³-hybridized carbons (Fsp3) is 0.241. The summed E-state index contributed by atoms with van der Waals surface area (Å²) < 4.78 is 43.4. The molecule has 0 radical (unpaired) electrons. The molecule has 10 heteroatoms. The summed E-state index contributed by atoms with van der Waals surface area (Å²) in [4.78, 5) is 11.5. The molecule has 1 unspecified atom stereocenters. The fourth-order valence-corrected chi connectivity index (χ4v) is 4.97. The van der Waals surface area contributed by atoms with Crippen molar-refractivity contribution in [1.82, 2.24) is 14.8 Å². The van der Waals surface area contributed by atoms with Gasteiger partial charge in [-0.05, 0) is 49.2 Å². The van der Waals surface area contributed by atoms with E-state index in [9.17, 15) is 19.4 Å². The Hall–Kier alpha value is -4.28. The SMILES string of the molecule is CCOCC(O)(CC)c1c(-c2ccc(C(=O)O)cc2)c2c(F)c3[nH]ncc3cc2n1-c1ccc(F)c(OC)c1. The van der Waals surface area contributed by atoms with Gasteiger partial charge in [-0.15, -0.1) is 0 Å². The zero-order chi connectivity index (χ0) is 27.9. The molecule has 5 aromatic rings. The molecule has 1 atom stereocenters. The molecule has 0 saturated heterocycles. The molecule has 5 rings (SSSR count). The number of nitrogens with zero attached hydrogens (tertiary/aromatic N) is 2. The van der Waals surface area contributed by atoms with Gasteiger partial charge in [-0.3, -0.25) is 5.10 Å². The lowest BCUT2D eigenvalue weighted by Gasteiger charge is -2.30. The number of hydrogen-bond acceptors (Lipinski definition) is 5. The Balaban J connectivity index is 1.99. The van der Waals surface area contributed by atoms with Crippen molar-refractivity contribution in [2.75, 3.05) is 20.3 Å². The Morgan fingerprint density at radius 3 is 2.51 bits per heavy atom. The zero-order valence-electron chi connectivity index (χ0n) is 21.6. The maximum atomic E-state index is 16.3. The number of H-pyrrole nitrogens is 1. The van der Waals surface area contributed by atoms with Crippen molar-refractivity contribution in [2.45, 2.75) is 25.9 Å². The second-order valence-corrected chi connectivity index (χ2v) is 9.20. The first-order chi connectivity index (χ1) is 18.7. The van der Waals surface area contributed by atoms with Gasteiger partial charge in [-0.25, -0.2) is 13.6 Å². The number of nitrogens with one attached hydrogen (secondary N) is 1. The number of fused-ring (bicyclic) bond motifs is 2. The fourth-order valence-electron chi connectivity index (χ4n) is 4.97. The largest absolute Gasteiger partial charge is 0.494 e. The van der Waals surface area contributed by atoms with Crippen LogP contribution in [0.25, 0.3) is 38.6 Å². The number of aromatic nitrogens is 3. The number of halogens is 2. The minimum absolute atomic E-state index is 0.0256. The van der Waals surface area contributed by atoms with Crippen LogP contribution in [-0.4, -0.2) is 51.3 Å². The van der Waals surface area contributed by atoms with E-state index in [4.69, 9.17) is 9.47 Å². The Morgan fingerprint density at radius 1 is 1.13 bits per heavy atom. The van der Waals surface area contributed by atoms with Gasteiger partial charge in [0, 0.05) is 34.7 Å². The molecular weight excluding hydrogens is 508 g/mol. The summed E-state index contributed by atoms with van der Waals surface area (Å²) in [6.45, 7) is 3.82. The molecule has 8 nitrogen and oxygen atoms in total. The molecule has 2 aromatic heterocycles. The molecule has 0 fully saturated rings. The van der Waals surface area contributed by atoms with Gasteiger partial charge >= 0.3 is 5.97 Å². The average Bonchev–Trinajstić information content (AvgIpc) is 3.56. The first-order valence-corrected chi connectivity index (χ1v) is 12.4. The van der Waals surface area contributed by atoms with E-state index < -0.39 is 23.2 Å². The van der Waals surface area contributed by atoms with Gasteiger partial charge in [0.25, 0.3) is 0 Å². The van der Waals surface area contributed by atoms with Crippen molar-refractivity contribution in [3.05, 3.63) is 77.6 Å². The Bertz CT molecular complexity index is 1690. The summed E-state index contributed by atoms with van der Waals surface area (Å²) >= 11 is 0. The van der Waals surface area contributed by atoms with Gasteiger partial charge in [-0.2, -0.15) is 5.10 Å². The second-order valence-electron chi connectivity index (χ2n) is 9.20. The third-order valence-electron chi connectivity index (χ3n) is 6.99. The third-order valence-corrected chi connectivity index (χ3v) is 6.99. The van der Waals surface area contributed by atoms with Crippen LogP contribution in [0.1, 0.15) is 36.3 Å². The van der Waals surface area contributed by atoms with Gasteiger partial charge in [-0.1, -0.05) is 19.1 Å². The predicted octanol–water partition coefficient (Wildman–Crippen LogP) is 5.79. The molecule has 3 aromatic carbocycles. The summed E-state index contributed by atoms with van der Waals surface area (Å²) in [7, 11) is 1.35. The standard InChI is InChI=1S/C29H27F2N3O5/c1-4-29(37,15-39-5-2)27-23(16-6-8-17(9-7-16)28(35)36)24-21(12-18-14-32-33-26(18)25(24)31)34(27)19-10-11-20(30)22(13-19)38-3/h6-14,37H,4-5,15H2,1-3H3,(H,32,33)(H,35,36). The predicted molar refractivity (Wildman–Crippen MR) is 142 cm³/mol. The monoisotopic (exact) mass is 535 g/mol. The van der Waals surface area contributed by atoms with Crippen LogP contribution < -0.4 is 4.74 Å². The van der Waals surface area contributed by atoms with Crippen LogP contribution in [-0.2, 0) is 10.3 Å². The molecule has 0 aliphatic carbocycles. The van der Waals surface area contributed by atoms with E-state index in [1.807, 2.05) is 0 Å². The lowest BCUT2D eigenvalue weighted by molar-refractivity contribution is -0.0539. The molecule has 2 heterocycles. The number of aliphatic hydroxyl groups is 1. The quantitative estimate of drug-likeness (QED) is 0.220. The van der Waals surface area contributed by atoms with Crippen molar-refractivity contribution in [3.63, 3.8) is 0 Å². The summed E-state index contributed by atoms with van der Waals surface area (Å²) in [6, 6.07) is 12.0. The second kappa shape index (κ2) is 10.1. The van der Waals surface area contributed by atoms with Crippen LogP contribution in [0.4, 0.5) is 8.78 Å². The summed E-state index contributed by atoms with van der Waals surface area (Å²) in [5.41, 5.74) is 0.579. The van der Waals surface area contributed by atoms with E-state index in [-0.39, 0.29) is 35.2 Å². The average molecular weight is 536 g/mol. The molecular formula is C29H27F2N3O5. The number of benzene rings is 3. The molecule has 202 valence electrons. The first kappa shape index (κ1) is 26.3. The van der Waals surface area contributed by atoms with Crippen LogP contribution in [0.2, 0.25) is 0 Å². The highest BCUT2D eigenvalue weighted by Crippen LogP contribution is 2.46. The minimum atomic E-state index is -1.62. The highest BCUT2D eigenvalue weighted by atomic mass is 19.1. The summed E-state index contributed by atoms with van der Waals surface area (Å²) in [6.07, 6.45) is 1.69. The van der Waals surface area contributed by atoms with Crippen molar-refractivity contribution < 1.29 is 33.3 Å². The Kier molecular flexibility index (Phi) is 6.83. The smallest absolute Gasteiger partial charge is 0.335 e. The molecule has 39 heavy (non-hydrogen) atoms. The number of carboxylic acid groups (broad SMARTS) is 1. The van der Waals surface area contributed by atoms with E-state index in [0.717, 1.165) is 0 Å². The van der Waals surface area contributed by atoms with Gasteiger partial charge in [0.1, 0.15) is 11.1 Å². The minimum Gasteiger partial charge on any atom is -0.494 e. The van der Waals surface area contributed by atoms with Gasteiger partial charge < -0.3 is 24.3 Å². The topological polar surface area (TPSA) is 110 Å². The van der Waals surface area contributed by atoms with E-state index in [0.29, 0.717) is 40.0 Å². The van der Waals surface area contributed by atoms with Crippen molar-refractivity contribution in [1.29, 1.82) is 0 Å². The van der Waals surface area contributed by atoms with E-state index in [2.05, 4.69) is 10.2 Å². The highest BCUT2D eigenvalue weighted by Gasteiger charge is 2.38. The number of carboxylic acids is 1. The van der Waals surface area contributed by atoms with Gasteiger partial charge in [0.15, 0.2) is 17.4 Å².